The first kappa shape index (κ1) is 10.1. The van der Waals surface area contributed by atoms with E-state index in [-0.39, 0.29) is 0 Å². The second-order valence-electron chi connectivity index (χ2n) is 5.43. The van der Waals surface area contributed by atoms with Gasteiger partial charge < -0.3 is 4.42 Å². The smallest absolute Gasteiger partial charge is 0.140 e. The third-order valence-corrected chi connectivity index (χ3v) is 4.33. The number of fused-ring (bicyclic) bond motifs is 2. The molecule has 0 N–H and O–H groups in total. The molecule has 0 amide bonds. The summed E-state index contributed by atoms with van der Waals surface area (Å²) in [5.74, 6) is 3.64. The van der Waals surface area contributed by atoms with Crippen molar-refractivity contribution in [3.05, 3.63) is 24.2 Å². The molecule has 3 unspecified atom stereocenters. The van der Waals surface area contributed by atoms with Crippen molar-refractivity contribution in [2.24, 2.45) is 17.8 Å². The number of furan rings is 1. The standard InChI is InChI=1S/C14H18O2/c15-13(9-14-2-1-5-16-14)8-12-7-10-3-4-11(12)6-10/h1-2,5,10-12H,3-4,6-9H2. The molecule has 2 bridgehead atoms. The van der Waals surface area contributed by atoms with Crippen LogP contribution in [0.1, 0.15) is 37.9 Å². The summed E-state index contributed by atoms with van der Waals surface area (Å²) >= 11 is 0. The third kappa shape index (κ3) is 1.93. The molecular formula is C14H18O2. The minimum atomic E-state index is 0.354. The predicted molar refractivity (Wildman–Crippen MR) is 61.0 cm³/mol. The molecule has 0 aliphatic heterocycles. The van der Waals surface area contributed by atoms with Gasteiger partial charge in [-0.2, -0.15) is 0 Å². The van der Waals surface area contributed by atoms with Gasteiger partial charge in [-0.05, 0) is 49.1 Å². The Morgan fingerprint density at radius 1 is 1.38 bits per heavy atom. The summed E-state index contributed by atoms with van der Waals surface area (Å²) in [4.78, 5) is 11.9. The molecule has 3 rings (SSSR count). The lowest BCUT2D eigenvalue weighted by atomic mass is 9.85. The van der Waals surface area contributed by atoms with Crippen molar-refractivity contribution in [3.8, 4) is 0 Å². The Labute approximate surface area is 96.0 Å². The van der Waals surface area contributed by atoms with Crippen LogP contribution in [0.3, 0.4) is 0 Å². The fourth-order valence-corrected chi connectivity index (χ4v) is 3.60. The van der Waals surface area contributed by atoms with Gasteiger partial charge in [0.15, 0.2) is 0 Å². The van der Waals surface area contributed by atoms with Gasteiger partial charge in [0.05, 0.1) is 12.7 Å². The second kappa shape index (κ2) is 4.08. The Balaban J connectivity index is 1.53. The van der Waals surface area contributed by atoms with E-state index in [0.717, 1.165) is 24.0 Å². The van der Waals surface area contributed by atoms with Crippen LogP contribution in [0.15, 0.2) is 22.8 Å². The summed E-state index contributed by atoms with van der Waals surface area (Å²) in [6, 6.07) is 3.73. The predicted octanol–water partition coefficient (Wildman–Crippen LogP) is 3.22. The lowest BCUT2D eigenvalue weighted by Gasteiger charge is -2.20. The summed E-state index contributed by atoms with van der Waals surface area (Å²) < 4.78 is 5.21. The maximum atomic E-state index is 11.9. The molecule has 0 saturated heterocycles. The molecule has 3 atom stereocenters. The highest BCUT2D eigenvalue weighted by molar-refractivity contribution is 5.80. The zero-order valence-electron chi connectivity index (χ0n) is 9.52. The summed E-state index contributed by atoms with van der Waals surface area (Å²) in [5, 5.41) is 0. The number of rotatable bonds is 4. The van der Waals surface area contributed by atoms with E-state index in [0.29, 0.717) is 18.1 Å². The van der Waals surface area contributed by atoms with Crippen LogP contribution in [-0.2, 0) is 11.2 Å². The highest BCUT2D eigenvalue weighted by Crippen LogP contribution is 2.49. The van der Waals surface area contributed by atoms with Crippen molar-refractivity contribution in [2.45, 2.75) is 38.5 Å². The number of carbonyl (C=O) groups excluding carboxylic acids is 1. The monoisotopic (exact) mass is 218 g/mol. The maximum absolute atomic E-state index is 11.9. The first-order valence-corrected chi connectivity index (χ1v) is 6.35. The van der Waals surface area contributed by atoms with Crippen LogP contribution in [0.4, 0.5) is 0 Å². The zero-order valence-corrected chi connectivity index (χ0v) is 9.52. The van der Waals surface area contributed by atoms with Crippen LogP contribution in [0.5, 0.6) is 0 Å². The average molecular weight is 218 g/mol. The highest BCUT2D eigenvalue weighted by atomic mass is 16.3. The molecule has 1 heterocycles. The second-order valence-corrected chi connectivity index (χ2v) is 5.43. The Hall–Kier alpha value is -1.05. The number of ketones is 1. The van der Waals surface area contributed by atoms with E-state index in [2.05, 4.69) is 0 Å². The zero-order chi connectivity index (χ0) is 11.0. The van der Waals surface area contributed by atoms with Gasteiger partial charge in [0, 0.05) is 6.42 Å². The summed E-state index contributed by atoms with van der Waals surface area (Å²) in [7, 11) is 0. The molecule has 0 radical (unpaired) electrons. The fourth-order valence-electron chi connectivity index (χ4n) is 3.60. The number of Topliss-reactive ketones (excluding diaryl/α,β-unsaturated/α-hetero) is 1. The third-order valence-electron chi connectivity index (χ3n) is 4.33. The molecule has 1 aromatic rings. The van der Waals surface area contributed by atoms with E-state index in [4.69, 9.17) is 4.42 Å². The van der Waals surface area contributed by atoms with Crippen LogP contribution in [0.2, 0.25) is 0 Å². The quantitative estimate of drug-likeness (QED) is 0.776. The molecular weight excluding hydrogens is 200 g/mol. The molecule has 2 nitrogen and oxygen atoms in total. The van der Waals surface area contributed by atoms with Crippen LogP contribution in [-0.4, -0.2) is 5.78 Å². The first-order chi connectivity index (χ1) is 7.81. The molecule has 0 aromatic carbocycles. The van der Waals surface area contributed by atoms with Gasteiger partial charge in [0.2, 0.25) is 0 Å². The largest absolute Gasteiger partial charge is 0.469 e. The molecule has 1 aromatic heterocycles. The van der Waals surface area contributed by atoms with E-state index < -0.39 is 0 Å². The lowest BCUT2D eigenvalue weighted by Crippen LogP contribution is -2.16. The summed E-state index contributed by atoms with van der Waals surface area (Å²) in [6.07, 6.45) is 8.37. The SMILES string of the molecule is O=C(Cc1ccco1)CC1CC2CCC1C2. The van der Waals surface area contributed by atoms with Crippen molar-refractivity contribution in [3.63, 3.8) is 0 Å². The Kier molecular flexibility index (Phi) is 2.58. The molecule has 86 valence electrons. The summed E-state index contributed by atoms with van der Waals surface area (Å²) in [5.41, 5.74) is 0. The number of hydrogen-bond donors (Lipinski definition) is 0. The number of carbonyl (C=O) groups is 1. The van der Waals surface area contributed by atoms with Crippen molar-refractivity contribution in [2.75, 3.05) is 0 Å². The van der Waals surface area contributed by atoms with Gasteiger partial charge in [-0.1, -0.05) is 6.42 Å². The Morgan fingerprint density at radius 2 is 2.31 bits per heavy atom. The Morgan fingerprint density at radius 3 is 2.94 bits per heavy atom. The lowest BCUT2D eigenvalue weighted by molar-refractivity contribution is -0.119. The first-order valence-electron chi connectivity index (χ1n) is 6.35. The van der Waals surface area contributed by atoms with Crippen LogP contribution in [0, 0.1) is 17.8 Å². The average Bonchev–Trinajstić information content (AvgIpc) is 2.92. The molecule has 2 aliphatic rings. The minimum absolute atomic E-state index is 0.354. The van der Waals surface area contributed by atoms with Crippen LogP contribution in [0.25, 0.3) is 0 Å². The normalized spacial score (nSPS) is 32.1. The van der Waals surface area contributed by atoms with Gasteiger partial charge >= 0.3 is 0 Å². The summed E-state index contributed by atoms with van der Waals surface area (Å²) in [6.45, 7) is 0. The molecule has 2 heteroatoms. The molecule has 16 heavy (non-hydrogen) atoms. The molecule has 2 saturated carbocycles. The van der Waals surface area contributed by atoms with Crippen LogP contribution >= 0.6 is 0 Å². The van der Waals surface area contributed by atoms with Crippen molar-refractivity contribution in [1.82, 2.24) is 0 Å². The van der Waals surface area contributed by atoms with Gasteiger partial charge in [0.1, 0.15) is 11.5 Å². The van der Waals surface area contributed by atoms with Gasteiger partial charge in [-0.25, -0.2) is 0 Å². The maximum Gasteiger partial charge on any atom is 0.140 e. The molecule has 2 fully saturated rings. The van der Waals surface area contributed by atoms with E-state index in [1.54, 1.807) is 6.26 Å². The van der Waals surface area contributed by atoms with Crippen molar-refractivity contribution in [1.29, 1.82) is 0 Å². The van der Waals surface area contributed by atoms with E-state index in [9.17, 15) is 4.79 Å². The number of hydrogen-bond acceptors (Lipinski definition) is 2. The molecule has 2 aliphatic carbocycles. The van der Waals surface area contributed by atoms with E-state index >= 15 is 0 Å². The van der Waals surface area contributed by atoms with Crippen LogP contribution < -0.4 is 0 Å². The van der Waals surface area contributed by atoms with Crippen molar-refractivity contribution >= 4 is 5.78 Å². The topological polar surface area (TPSA) is 30.2 Å². The fraction of sp³-hybridized carbons (Fsp3) is 0.643. The highest BCUT2D eigenvalue weighted by Gasteiger charge is 2.39. The Bertz CT molecular complexity index is 366. The van der Waals surface area contributed by atoms with E-state index in [1.165, 1.54) is 25.7 Å². The van der Waals surface area contributed by atoms with Gasteiger partial charge in [-0.15, -0.1) is 0 Å². The minimum Gasteiger partial charge on any atom is -0.469 e. The van der Waals surface area contributed by atoms with Gasteiger partial charge in [0.25, 0.3) is 0 Å². The van der Waals surface area contributed by atoms with Gasteiger partial charge in [-0.3, -0.25) is 4.79 Å². The van der Waals surface area contributed by atoms with Crippen molar-refractivity contribution < 1.29 is 9.21 Å². The molecule has 0 spiro atoms. The van der Waals surface area contributed by atoms with E-state index in [1.807, 2.05) is 12.1 Å².